The zero-order valence-corrected chi connectivity index (χ0v) is 11.0. The molecule has 1 fully saturated rings. The van der Waals surface area contributed by atoms with Gasteiger partial charge in [-0.15, -0.1) is 0 Å². The Morgan fingerprint density at radius 1 is 1.44 bits per heavy atom. The number of nitrogens with zero attached hydrogens (tertiary/aromatic N) is 2. The number of carbonyl (C=O) groups excluding carboxylic acids is 1. The highest BCUT2D eigenvalue weighted by Gasteiger charge is 2.17. The Balaban J connectivity index is 0.000000606. The summed E-state index contributed by atoms with van der Waals surface area (Å²) in [5.41, 5.74) is 0. The maximum absolute atomic E-state index is 10.6. The minimum Gasteiger partial charge on any atom is -0.378 e. The van der Waals surface area contributed by atoms with Crippen molar-refractivity contribution in [3.8, 4) is 0 Å². The number of hydrogen-bond acceptors (Lipinski definition) is 5. The van der Waals surface area contributed by atoms with Crippen LogP contribution in [-0.2, 0) is 4.74 Å². The Hall–Kier alpha value is -0.650. The van der Waals surface area contributed by atoms with Gasteiger partial charge in [-0.1, -0.05) is 36.8 Å². The van der Waals surface area contributed by atoms with E-state index in [1.54, 1.807) is 0 Å². The lowest BCUT2D eigenvalue weighted by Gasteiger charge is -2.25. The van der Waals surface area contributed by atoms with E-state index in [-0.39, 0.29) is 0 Å². The highest BCUT2D eigenvalue weighted by molar-refractivity contribution is 7.17. The van der Waals surface area contributed by atoms with Crippen LogP contribution in [0.5, 0.6) is 0 Å². The van der Waals surface area contributed by atoms with Crippen LogP contribution in [0.15, 0.2) is 0 Å². The first-order chi connectivity index (χ1) is 7.81. The van der Waals surface area contributed by atoms with Crippen molar-refractivity contribution in [1.82, 2.24) is 4.98 Å². The minimum absolute atomic E-state index is 0.298. The van der Waals surface area contributed by atoms with E-state index in [0.29, 0.717) is 23.2 Å². The molecule has 0 atom stereocenters. The Kier molecular flexibility index (Phi) is 5.73. The van der Waals surface area contributed by atoms with Crippen molar-refractivity contribution in [3.05, 3.63) is 10.0 Å². The number of halogens is 1. The molecule has 0 bridgehead atoms. The highest BCUT2D eigenvalue weighted by Crippen LogP contribution is 2.28. The van der Waals surface area contributed by atoms with Crippen molar-refractivity contribution in [2.45, 2.75) is 13.8 Å². The minimum atomic E-state index is 0.298. The molecule has 1 aromatic rings. The van der Waals surface area contributed by atoms with Crippen molar-refractivity contribution >= 4 is 34.4 Å². The van der Waals surface area contributed by atoms with Gasteiger partial charge in [-0.25, -0.2) is 4.98 Å². The van der Waals surface area contributed by atoms with E-state index in [9.17, 15) is 4.79 Å². The third kappa shape index (κ3) is 3.17. The van der Waals surface area contributed by atoms with Crippen LogP contribution >= 0.6 is 22.9 Å². The van der Waals surface area contributed by atoms with Crippen molar-refractivity contribution in [2.24, 2.45) is 0 Å². The fourth-order valence-electron chi connectivity index (χ4n) is 1.26. The molecular formula is C10H15ClN2O2S. The summed E-state index contributed by atoms with van der Waals surface area (Å²) in [6.07, 6.45) is 0.740. The van der Waals surface area contributed by atoms with Gasteiger partial charge in [0.05, 0.1) is 13.2 Å². The van der Waals surface area contributed by atoms with E-state index < -0.39 is 0 Å². The molecule has 1 saturated heterocycles. The molecule has 6 heteroatoms. The Labute approximate surface area is 104 Å². The summed E-state index contributed by atoms with van der Waals surface area (Å²) in [5.74, 6) is 0. The number of aldehydes is 1. The molecule has 0 radical (unpaired) electrons. The number of rotatable bonds is 2. The van der Waals surface area contributed by atoms with Crippen molar-refractivity contribution < 1.29 is 9.53 Å². The molecule has 1 aromatic heterocycles. The van der Waals surface area contributed by atoms with Crippen molar-refractivity contribution in [3.63, 3.8) is 0 Å². The van der Waals surface area contributed by atoms with Crippen molar-refractivity contribution in [1.29, 1.82) is 0 Å². The number of thiazole rings is 1. The van der Waals surface area contributed by atoms with Crippen LogP contribution in [0.1, 0.15) is 23.5 Å². The second kappa shape index (κ2) is 6.83. The number of aromatic nitrogens is 1. The van der Waals surface area contributed by atoms with Gasteiger partial charge < -0.3 is 9.64 Å². The Morgan fingerprint density at radius 2 is 2.06 bits per heavy atom. The number of carbonyl (C=O) groups is 1. The van der Waals surface area contributed by atoms with Crippen LogP contribution in [-0.4, -0.2) is 37.6 Å². The van der Waals surface area contributed by atoms with Crippen molar-refractivity contribution in [2.75, 3.05) is 31.2 Å². The third-order valence-electron chi connectivity index (χ3n) is 1.99. The average Bonchev–Trinajstić information content (AvgIpc) is 2.74. The second-order valence-corrected chi connectivity index (χ2v) is 4.24. The van der Waals surface area contributed by atoms with Gasteiger partial charge in [0, 0.05) is 13.1 Å². The molecule has 90 valence electrons. The Morgan fingerprint density at radius 3 is 2.56 bits per heavy atom. The summed E-state index contributed by atoms with van der Waals surface area (Å²) < 4.78 is 5.22. The van der Waals surface area contributed by atoms with Crippen LogP contribution in [0, 0.1) is 0 Å². The number of hydrogen-bond donors (Lipinski definition) is 0. The van der Waals surface area contributed by atoms with Gasteiger partial charge in [0.15, 0.2) is 16.6 Å². The lowest BCUT2D eigenvalue weighted by molar-refractivity contribution is 0.112. The lowest BCUT2D eigenvalue weighted by atomic mass is 10.5. The van der Waals surface area contributed by atoms with Crippen LogP contribution < -0.4 is 4.90 Å². The van der Waals surface area contributed by atoms with Gasteiger partial charge in [0.2, 0.25) is 0 Å². The predicted octanol–water partition coefficient (Wildman–Crippen LogP) is 2.47. The molecular weight excluding hydrogens is 248 g/mol. The maximum atomic E-state index is 10.6. The number of ether oxygens (including phenoxy) is 1. The first kappa shape index (κ1) is 13.4. The van der Waals surface area contributed by atoms with E-state index in [2.05, 4.69) is 9.88 Å². The van der Waals surface area contributed by atoms with Gasteiger partial charge in [-0.05, 0) is 0 Å². The fourth-order valence-corrected chi connectivity index (χ4v) is 2.38. The fraction of sp³-hybridized carbons (Fsp3) is 0.600. The summed E-state index contributed by atoms with van der Waals surface area (Å²) in [6, 6.07) is 0. The molecule has 2 heterocycles. The summed E-state index contributed by atoms with van der Waals surface area (Å²) in [4.78, 5) is 17.3. The van der Waals surface area contributed by atoms with Crippen LogP contribution in [0.2, 0.25) is 5.15 Å². The molecule has 1 aliphatic rings. The largest absolute Gasteiger partial charge is 0.378 e. The summed E-state index contributed by atoms with van der Waals surface area (Å²) in [6.45, 7) is 7.02. The molecule has 2 rings (SSSR count). The zero-order chi connectivity index (χ0) is 12.0. The quantitative estimate of drug-likeness (QED) is 0.768. The molecule has 0 aliphatic carbocycles. The van der Waals surface area contributed by atoms with Crippen LogP contribution in [0.3, 0.4) is 0 Å². The summed E-state index contributed by atoms with van der Waals surface area (Å²) >= 11 is 7.10. The molecule has 0 N–H and O–H groups in total. The summed E-state index contributed by atoms with van der Waals surface area (Å²) in [7, 11) is 0. The Bertz CT molecular complexity index is 338. The first-order valence-electron chi connectivity index (χ1n) is 5.25. The van der Waals surface area contributed by atoms with E-state index in [1.165, 1.54) is 11.3 Å². The number of morpholine rings is 1. The summed E-state index contributed by atoms with van der Waals surface area (Å²) in [5, 5.41) is 1.10. The van der Waals surface area contributed by atoms with Gasteiger partial charge in [-0.2, -0.15) is 0 Å². The monoisotopic (exact) mass is 262 g/mol. The van der Waals surface area contributed by atoms with Gasteiger partial charge in [-0.3, -0.25) is 4.79 Å². The molecule has 16 heavy (non-hydrogen) atoms. The second-order valence-electron chi connectivity index (χ2n) is 2.87. The van der Waals surface area contributed by atoms with Gasteiger partial charge >= 0.3 is 0 Å². The number of anilines is 1. The van der Waals surface area contributed by atoms with Gasteiger partial charge in [0.1, 0.15) is 4.88 Å². The first-order valence-corrected chi connectivity index (χ1v) is 6.45. The van der Waals surface area contributed by atoms with E-state index in [4.69, 9.17) is 16.3 Å². The normalized spacial score (nSPS) is 15.3. The van der Waals surface area contributed by atoms with E-state index in [1.807, 2.05) is 13.8 Å². The maximum Gasteiger partial charge on any atom is 0.187 e. The zero-order valence-electron chi connectivity index (χ0n) is 9.40. The average molecular weight is 263 g/mol. The molecule has 4 nitrogen and oxygen atoms in total. The van der Waals surface area contributed by atoms with E-state index >= 15 is 0 Å². The van der Waals surface area contributed by atoms with Crippen LogP contribution in [0.4, 0.5) is 5.13 Å². The molecule has 0 unspecified atom stereocenters. The molecule has 0 amide bonds. The molecule has 0 spiro atoms. The SMILES string of the molecule is CC.O=Cc1sc(N2CCOCC2)nc1Cl. The lowest BCUT2D eigenvalue weighted by Crippen LogP contribution is -2.36. The molecule has 1 aliphatic heterocycles. The van der Waals surface area contributed by atoms with E-state index in [0.717, 1.165) is 24.5 Å². The predicted molar refractivity (Wildman–Crippen MR) is 66.9 cm³/mol. The van der Waals surface area contributed by atoms with Gasteiger partial charge in [0.25, 0.3) is 0 Å². The standard InChI is InChI=1S/C8H9ClN2O2S.C2H6/c9-7-6(5-12)14-8(10-7)11-1-3-13-4-2-11;1-2/h5H,1-4H2;1-2H3. The topological polar surface area (TPSA) is 42.4 Å². The third-order valence-corrected chi connectivity index (χ3v) is 3.43. The highest BCUT2D eigenvalue weighted by atomic mass is 35.5. The molecule has 0 saturated carbocycles. The smallest absolute Gasteiger partial charge is 0.187 e. The molecule has 0 aromatic carbocycles. The van der Waals surface area contributed by atoms with Crippen LogP contribution in [0.25, 0.3) is 0 Å².